The van der Waals surface area contributed by atoms with E-state index in [2.05, 4.69) is 17.0 Å². The first-order valence-corrected chi connectivity index (χ1v) is 13.9. The van der Waals surface area contributed by atoms with E-state index < -0.39 is 35.5 Å². The van der Waals surface area contributed by atoms with Crippen LogP contribution in [-0.2, 0) is 11.0 Å². The van der Waals surface area contributed by atoms with Crippen molar-refractivity contribution >= 4 is 30.3 Å². The molecule has 9 nitrogen and oxygen atoms in total. The molecule has 218 valence electrons. The number of fused-ring (bicyclic) bond motifs is 1. The Morgan fingerprint density at radius 1 is 1.10 bits per heavy atom. The van der Waals surface area contributed by atoms with Crippen molar-refractivity contribution in [1.82, 2.24) is 20.0 Å². The number of hydrogen-bond acceptors (Lipinski definition) is 5. The highest BCUT2D eigenvalue weighted by Gasteiger charge is 2.52. The average Bonchev–Trinajstić information content (AvgIpc) is 3.72. The van der Waals surface area contributed by atoms with Crippen LogP contribution in [-0.4, -0.2) is 64.4 Å². The monoisotopic (exact) mass is 578 g/mol. The van der Waals surface area contributed by atoms with Crippen molar-refractivity contribution in [3.8, 4) is 5.69 Å². The predicted octanol–water partition coefficient (Wildman–Crippen LogP) is 4.42. The Balaban J connectivity index is 1.47. The van der Waals surface area contributed by atoms with Crippen molar-refractivity contribution in [3.63, 3.8) is 0 Å². The molecular weight excluding hydrogens is 549 g/mol. The van der Waals surface area contributed by atoms with Crippen LogP contribution in [0.15, 0.2) is 59.6 Å². The maximum Gasteiger partial charge on any atom is 0.416 e. The number of nitrogens with zero attached hydrogens (tertiary/aromatic N) is 5. The highest BCUT2D eigenvalue weighted by atomic mass is 19.4. The van der Waals surface area contributed by atoms with Crippen LogP contribution in [0.25, 0.3) is 5.69 Å². The van der Waals surface area contributed by atoms with E-state index in [1.807, 2.05) is 30.3 Å². The number of rotatable bonds is 7. The lowest BCUT2D eigenvalue weighted by atomic mass is 9.82. The number of anilines is 1. The molecule has 2 aliphatic heterocycles. The third-order valence-corrected chi connectivity index (χ3v) is 8.22. The first-order chi connectivity index (χ1) is 20.1. The van der Waals surface area contributed by atoms with Crippen molar-refractivity contribution in [2.24, 2.45) is 10.9 Å². The number of aliphatic imine (C=N–C) groups is 1. The van der Waals surface area contributed by atoms with Gasteiger partial charge in [-0.25, -0.2) is 4.68 Å². The van der Waals surface area contributed by atoms with Gasteiger partial charge in [0, 0.05) is 36.6 Å². The molecule has 3 aromatic rings. The van der Waals surface area contributed by atoms with Crippen LogP contribution < -0.4 is 10.2 Å². The SMILES string of the molecule is C=N[C@@H]1CCN1C(=O)c1nn(-c2ccccc2)c2c1[C@H](C1CC1)[C@H](NC(=O)c1cccc(C(F)(F)F)c1)C(=O)N2CC. The highest BCUT2D eigenvalue weighted by Crippen LogP contribution is 2.52. The summed E-state index contributed by atoms with van der Waals surface area (Å²) in [7, 11) is 0. The first-order valence-electron chi connectivity index (χ1n) is 13.9. The number of amides is 3. The number of nitrogens with one attached hydrogen (secondary N) is 1. The number of benzene rings is 2. The van der Waals surface area contributed by atoms with E-state index in [1.54, 1.807) is 16.5 Å². The summed E-state index contributed by atoms with van der Waals surface area (Å²) in [5.74, 6) is -1.72. The molecule has 1 aromatic heterocycles. The van der Waals surface area contributed by atoms with Gasteiger partial charge in [-0.3, -0.25) is 24.3 Å². The van der Waals surface area contributed by atoms with Gasteiger partial charge in [-0.05, 0) is 62.7 Å². The highest BCUT2D eigenvalue weighted by molar-refractivity contribution is 6.07. The van der Waals surface area contributed by atoms with Crippen molar-refractivity contribution in [3.05, 3.63) is 77.0 Å². The molecule has 6 rings (SSSR count). The Kier molecular flexibility index (Phi) is 6.86. The predicted molar refractivity (Wildman–Crippen MR) is 149 cm³/mol. The fourth-order valence-corrected chi connectivity index (χ4v) is 5.91. The minimum Gasteiger partial charge on any atom is -0.340 e. The summed E-state index contributed by atoms with van der Waals surface area (Å²) in [5, 5.41) is 7.51. The number of halogens is 3. The summed E-state index contributed by atoms with van der Waals surface area (Å²) in [6, 6.07) is 12.2. The minimum atomic E-state index is -4.63. The molecule has 0 spiro atoms. The lowest BCUT2D eigenvalue weighted by Gasteiger charge is -2.40. The number of alkyl halides is 3. The molecule has 2 aromatic carbocycles. The molecule has 1 N–H and O–H groups in total. The molecule has 3 amide bonds. The first kappa shape index (κ1) is 27.7. The Morgan fingerprint density at radius 3 is 2.43 bits per heavy atom. The average molecular weight is 579 g/mol. The van der Waals surface area contributed by atoms with E-state index in [-0.39, 0.29) is 35.8 Å². The minimum absolute atomic E-state index is 0.0248. The van der Waals surface area contributed by atoms with Crippen LogP contribution in [0.4, 0.5) is 19.0 Å². The van der Waals surface area contributed by atoms with Crippen molar-refractivity contribution in [2.75, 3.05) is 18.0 Å². The zero-order valence-electron chi connectivity index (χ0n) is 22.8. The Hall–Kier alpha value is -4.48. The van der Waals surface area contributed by atoms with E-state index >= 15 is 0 Å². The van der Waals surface area contributed by atoms with E-state index in [4.69, 9.17) is 5.10 Å². The molecule has 0 bridgehead atoms. The molecule has 1 aliphatic carbocycles. The zero-order valence-corrected chi connectivity index (χ0v) is 22.8. The van der Waals surface area contributed by atoms with Crippen molar-refractivity contribution in [1.29, 1.82) is 0 Å². The molecule has 0 radical (unpaired) electrons. The topological polar surface area (TPSA) is 99.9 Å². The Morgan fingerprint density at radius 2 is 1.83 bits per heavy atom. The fourth-order valence-electron chi connectivity index (χ4n) is 5.91. The molecule has 1 saturated carbocycles. The van der Waals surface area contributed by atoms with E-state index in [0.29, 0.717) is 30.0 Å². The second kappa shape index (κ2) is 10.4. The smallest absolute Gasteiger partial charge is 0.340 e. The summed E-state index contributed by atoms with van der Waals surface area (Å²) >= 11 is 0. The largest absolute Gasteiger partial charge is 0.416 e. The van der Waals surface area contributed by atoms with E-state index in [1.165, 1.54) is 11.0 Å². The summed E-state index contributed by atoms with van der Waals surface area (Å²) in [5.41, 5.74) is 0.207. The summed E-state index contributed by atoms with van der Waals surface area (Å²) in [4.78, 5) is 48.5. The third kappa shape index (κ3) is 4.64. The number of hydrogen-bond donors (Lipinski definition) is 1. The van der Waals surface area contributed by atoms with Crippen molar-refractivity contribution < 1.29 is 27.6 Å². The van der Waals surface area contributed by atoms with Gasteiger partial charge in [-0.1, -0.05) is 24.3 Å². The Labute approximate surface area is 240 Å². The number of likely N-dealkylation sites (tertiary alicyclic amines) is 1. The van der Waals surface area contributed by atoms with Crippen LogP contribution in [0, 0.1) is 5.92 Å². The second-order valence-electron chi connectivity index (χ2n) is 10.8. The lowest BCUT2D eigenvalue weighted by molar-refractivity contribution is -0.137. The summed E-state index contributed by atoms with van der Waals surface area (Å²) < 4.78 is 41.7. The number of carbonyl (C=O) groups is 3. The maximum atomic E-state index is 14.1. The van der Waals surface area contributed by atoms with Gasteiger partial charge in [0.15, 0.2) is 5.69 Å². The third-order valence-electron chi connectivity index (χ3n) is 8.22. The van der Waals surface area contributed by atoms with Crippen LogP contribution in [0.3, 0.4) is 0 Å². The molecular formula is C30H29F3N6O3. The molecule has 3 atom stereocenters. The number of carbonyl (C=O) groups excluding carboxylic acids is 3. The van der Waals surface area contributed by atoms with Gasteiger partial charge in [0.25, 0.3) is 17.7 Å². The number of para-hydroxylation sites is 1. The standard InChI is InChI=1S/C30H29F3N6O3/c1-3-37-27-23(25(29(42)38-15-14-21(38)34-2)36-39(27)20-10-5-4-6-11-20)22(17-12-13-17)24(28(37)41)35-26(40)18-8-7-9-19(16-18)30(31,32)33/h4-11,16-17,21-22,24H,2-3,12-15H2,1H3,(H,35,40)/t21-,22-,24-/m0/s1. The maximum absolute atomic E-state index is 14.1. The van der Waals surface area contributed by atoms with Gasteiger partial charge in [0.2, 0.25) is 0 Å². The Bertz CT molecular complexity index is 1570. The normalized spacial score (nSPS) is 21.9. The summed E-state index contributed by atoms with van der Waals surface area (Å²) in [6.07, 6.45) is -2.79. The van der Waals surface area contributed by atoms with Crippen LogP contribution in [0.1, 0.15) is 64.1 Å². The molecule has 42 heavy (non-hydrogen) atoms. The van der Waals surface area contributed by atoms with Gasteiger partial charge in [0.05, 0.1) is 11.3 Å². The van der Waals surface area contributed by atoms with Crippen LogP contribution >= 0.6 is 0 Å². The van der Waals surface area contributed by atoms with Crippen molar-refractivity contribution in [2.45, 2.75) is 50.5 Å². The molecule has 1 saturated heterocycles. The zero-order chi connectivity index (χ0) is 29.8. The van der Waals surface area contributed by atoms with E-state index in [0.717, 1.165) is 31.0 Å². The number of aromatic nitrogens is 2. The van der Waals surface area contributed by atoms with Crippen LogP contribution in [0.5, 0.6) is 0 Å². The molecule has 0 unspecified atom stereocenters. The van der Waals surface area contributed by atoms with Gasteiger partial charge in [-0.2, -0.15) is 18.3 Å². The molecule has 3 aliphatic rings. The fraction of sp³-hybridized carbons (Fsp3) is 0.367. The number of likely N-dealkylation sites (N-methyl/N-ethyl adjacent to an activating group) is 1. The van der Waals surface area contributed by atoms with Gasteiger partial charge in [-0.15, -0.1) is 0 Å². The lowest BCUT2D eigenvalue weighted by Crippen LogP contribution is -2.56. The van der Waals surface area contributed by atoms with Gasteiger partial charge >= 0.3 is 6.18 Å². The second-order valence-corrected chi connectivity index (χ2v) is 10.8. The van der Waals surface area contributed by atoms with E-state index in [9.17, 15) is 27.6 Å². The summed E-state index contributed by atoms with van der Waals surface area (Å²) in [6.45, 7) is 6.07. The molecule has 12 heteroatoms. The van der Waals surface area contributed by atoms with Crippen LogP contribution in [0.2, 0.25) is 0 Å². The van der Waals surface area contributed by atoms with Gasteiger partial charge < -0.3 is 10.2 Å². The molecule has 2 fully saturated rings. The molecule has 3 heterocycles. The quantitative estimate of drug-likeness (QED) is 0.420. The van der Waals surface area contributed by atoms with Gasteiger partial charge in [0.1, 0.15) is 18.0 Å².